The molecule has 5 nitrogen and oxygen atoms in total. The van der Waals surface area contributed by atoms with E-state index in [1.54, 1.807) is 6.07 Å². The maximum absolute atomic E-state index is 10.7. The molecule has 1 heterocycles. The second-order valence-electron chi connectivity index (χ2n) is 3.39. The first-order valence-corrected chi connectivity index (χ1v) is 6.52. The van der Waals surface area contributed by atoms with Gasteiger partial charge in [0.05, 0.1) is 12.1 Å². The van der Waals surface area contributed by atoms with Gasteiger partial charge in [0.2, 0.25) is 0 Å². The number of fused-ring (bicyclic) bond motifs is 1. The highest BCUT2D eigenvalue weighted by Gasteiger charge is 2.08. The van der Waals surface area contributed by atoms with Gasteiger partial charge >= 0.3 is 10.3 Å². The van der Waals surface area contributed by atoms with Gasteiger partial charge < -0.3 is 0 Å². The zero-order chi connectivity index (χ0) is 12.5. The Kier molecular flexibility index (Phi) is 3.30. The van der Waals surface area contributed by atoms with Gasteiger partial charge in [-0.15, -0.1) is 0 Å². The Bertz CT molecular complexity index is 658. The molecule has 0 aliphatic carbocycles. The van der Waals surface area contributed by atoms with Gasteiger partial charge in [-0.1, -0.05) is 29.8 Å². The number of halogens is 1. The van der Waals surface area contributed by atoms with Crippen molar-refractivity contribution in [1.82, 2.24) is 4.98 Å². The van der Waals surface area contributed by atoms with Crippen LogP contribution in [0.5, 0.6) is 0 Å². The molecule has 1 aromatic heterocycles. The lowest BCUT2D eigenvalue weighted by Gasteiger charge is -2.05. The summed E-state index contributed by atoms with van der Waals surface area (Å²) in [6.45, 7) is -0.227. The van der Waals surface area contributed by atoms with Gasteiger partial charge in [-0.3, -0.25) is 4.18 Å². The highest BCUT2D eigenvalue weighted by Crippen LogP contribution is 2.21. The van der Waals surface area contributed by atoms with Gasteiger partial charge in [0.15, 0.2) is 0 Å². The minimum atomic E-state index is -3.98. The van der Waals surface area contributed by atoms with Crippen LogP contribution in [0.3, 0.4) is 0 Å². The number of para-hydroxylation sites is 1. The van der Waals surface area contributed by atoms with Crippen molar-refractivity contribution in [2.24, 2.45) is 5.14 Å². The molecule has 2 rings (SSSR count). The minimum absolute atomic E-state index is 0.201. The number of pyridine rings is 1. The number of nitrogens with two attached hydrogens (primary N) is 1. The van der Waals surface area contributed by atoms with Crippen LogP contribution in [0.2, 0.25) is 5.15 Å². The summed E-state index contributed by atoms with van der Waals surface area (Å²) in [4.78, 5) is 4.13. The van der Waals surface area contributed by atoms with Crippen molar-refractivity contribution in [3.63, 3.8) is 0 Å². The second-order valence-corrected chi connectivity index (χ2v) is 4.97. The number of benzene rings is 1. The highest BCUT2D eigenvalue weighted by atomic mass is 35.5. The van der Waals surface area contributed by atoms with E-state index in [1.165, 1.54) is 0 Å². The lowest BCUT2D eigenvalue weighted by molar-refractivity contribution is 0.308. The average Bonchev–Trinajstić information content (AvgIpc) is 2.25. The van der Waals surface area contributed by atoms with Gasteiger partial charge in [-0.25, -0.2) is 10.1 Å². The van der Waals surface area contributed by atoms with Crippen molar-refractivity contribution >= 4 is 32.8 Å². The molecular formula is C10H9ClN2O3S. The van der Waals surface area contributed by atoms with E-state index in [0.29, 0.717) is 5.56 Å². The first kappa shape index (κ1) is 12.3. The van der Waals surface area contributed by atoms with E-state index in [-0.39, 0.29) is 11.8 Å². The first-order chi connectivity index (χ1) is 7.96. The predicted octanol–water partition coefficient (Wildman–Crippen LogP) is 1.61. The summed E-state index contributed by atoms with van der Waals surface area (Å²) >= 11 is 5.91. The van der Waals surface area contributed by atoms with Crippen LogP contribution in [0.15, 0.2) is 30.3 Å². The third-order valence-corrected chi connectivity index (χ3v) is 2.90. The molecule has 7 heteroatoms. The maximum Gasteiger partial charge on any atom is 0.333 e. The van der Waals surface area contributed by atoms with E-state index in [0.717, 1.165) is 10.9 Å². The van der Waals surface area contributed by atoms with Gasteiger partial charge in [-0.2, -0.15) is 8.42 Å². The van der Waals surface area contributed by atoms with Crippen molar-refractivity contribution in [2.75, 3.05) is 0 Å². The summed E-state index contributed by atoms with van der Waals surface area (Å²) in [5, 5.41) is 5.79. The first-order valence-electron chi connectivity index (χ1n) is 4.67. The van der Waals surface area contributed by atoms with Crippen LogP contribution >= 0.6 is 11.6 Å². The third kappa shape index (κ3) is 3.13. The topological polar surface area (TPSA) is 82.3 Å². The van der Waals surface area contributed by atoms with Crippen LogP contribution in [-0.4, -0.2) is 13.4 Å². The van der Waals surface area contributed by atoms with Crippen LogP contribution in [-0.2, 0) is 21.1 Å². The number of rotatable bonds is 3. The lowest BCUT2D eigenvalue weighted by Crippen LogP contribution is -2.15. The molecule has 0 radical (unpaired) electrons. The Balaban J connectivity index is 2.37. The molecule has 0 unspecified atom stereocenters. The van der Waals surface area contributed by atoms with Crippen molar-refractivity contribution in [3.8, 4) is 0 Å². The molecule has 0 bridgehead atoms. The largest absolute Gasteiger partial charge is 0.333 e. The Morgan fingerprint density at radius 3 is 2.76 bits per heavy atom. The smallest absolute Gasteiger partial charge is 0.253 e. The molecule has 0 atom stereocenters. The van der Waals surface area contributed by atoms with Gasteiger partial charge in [0.1, 0.15) is 5.15 Å². The number of hydrogen-bond acceptors (Lipinski definition) is 4. The minimum Gasteiger partial charge on any atom is -0.253 e. The van der Waals surface area contributed by atoms with Crippen LogP contribution in [0.25, 0.3) is 10.9 Å². The van der Waals surface area contributed by atoms with E-state index in [2.05, 4.69) is 9.17 Å². The maximum atomic E-state index is 10.7. The standard InChI is InChI=1S/C10H9ClN2O3S/c11-10-8(6-16-17(12,14)15)5-7-3-1-2-4-9(7)13-10/h1-5H,6H2,(H2,12,14,15). The van der Waals surface area contributed by atoms with Crippen molar-refractivity contribution < 1.29 is 12.6 Å². The molecule has 90 valence electrons. The molecule has 0 saturated heterocycles. The lowest BCUT2D eigenvalue weighted by atomic mass is 10.2. The Labute approximate surface area is 103 Å². The van der Waals surface area contributed by atoms with E-state index in [1.807, 2.05) is 24.3 Å². The van der Waals surface area contributed by atoms with Crippen LogP contribution in [0, 0.1) is 0 Å². The molecule has 0 aliphatic heterocycles. The molecule has 1 aromatic carbocycles. The Hall–Kier alpha value is -1.21. The molecule has 17 heavy (non-hydrogen) atoms. The predicted molar refractivity (Wildman–Crippen MR) is 64.6 cm³/mol. The zero-order valence-corrected chi connectivity index (χ0v) is 10.2. The number of nitrogens with zero attached hydrogens (tertiary/aromatic N) is 1. The molecule has 2 N–H and O–H groups in total. The molecule has 0 saturated carbocycles. The summed E-state index contributed by atoms with van der Waals surface area (Å²) in [5.74, 6) is 0. The Morgan fingerprint density at radius 2 is 2.06 bits per heavy atom. The zero-order valence-electron chi connectivity index (χ0n) is 8.63. The SMILES string of the molecule is NS(=O)(=O)OCc1cc2ccccc2nc1Cl. The molecule has 0 amide bonds. The van der Waals surface area contributed by atoms with E-state index >= 15 is 0 Å². The van der Waals surface area contributed by atoms with Crippen LogP contribution < -0.4 is 5.14 Å². The molecule has 0 fully saturated rings. The van der Waals surface area contributed by atoms with E-state index in [4.69, 9.17) is 16.7 Å². The third-order valence-electron chi connectivity index (χ3n) is 2.13. The average molecular weight is 273 g/mol. The fourth-order valence-electron chi connectivity index (χ4n) is 1.38. The van der Waals surface area contributed by atoms with Gasteiger partial charge in [-0.05, 0) is 12.1 Å². The van der Waals surface area contributed by atoms with Crippen molar-refractivity contribution in [2.45, 2.75) is 6.61 Å². The summed E-state index contributed by atoms with van der Waals surface area (Å²) in [5.41, 5.74) is 1.20. The molecule has 2 aromatic rings. The summed E-state index contributed by atoms with van der Waals surface area (Å²) in [6.07, 6.45) is 0. The highest BCUT2D eigenvalue weighted by molar-refractivity contribution is 7.84. The van der Waals surface area contributed by atoms with Crippen molar-refractivity contribution in [1.29, 1.82) is 0 Å². The van der Waals surface area contributed by atoms with E-state index < -0.39 is 10.3 Å². The summed E-state index contributed by atoms with van der Waals surface area (Å²) in [6, 6.07) is 9.06. The number of aromatic nitrogens is 1. The Morgan fingerprint density at radius 1 is 1.35 bits per heavy atom. The van der Waals surface area contributed by atoms with Gasteiger partial charge in [0, 0.05) is 10.9 Å². The fourth-order valence-corrected chi connectivity index (χ4v) is 1.87. The summed E-state index contributed by atoms with van der Waals surface area (Å²) in [7, 11) is -3.98. The van der Waals surface area contributed by atoms with Gasteiger partial charge in [0.25, 0.3) is 0 Å². The van der Waals surface area contributed by atoms with Crippen molar-refractivity contribution in [3.05, 3.63) is 41.0 Å². The molecule has 0 aliphatic rings. The summed E-state index contributed by atoms with van der Waals surface area (Å²) < 4.78 is 25.8. The van der Waals surface area contributed by atoms with Crippen LogP contribution in [0.4, 0.5) is 0 Å². The van der Waals surface area contributed by atoms with E-state index in [9.17, 15) is 8.42 Å². The monoisotopic (exact) mass is 272 g/mol. The quantitative estimate of drug-likeness (QED) is 0.861. The second kappa shape index (κ2) is 4.58. The number of hydrogen-bond donors (Lipinski definition) is 1. The van der Waals surface area contributed by atoms with Crippen LogP contribution in [0.1, 0.15) is 5.56 Å². The fraction of sp³-hybridized carbons (Fsp3) is 0.100. The molecule has 0 spiro atoms. The molecular weight excluding hydrogens is 264 g/mol. The normalized spacial score (nSPS) is 11.9.